The van der Waals surface area contributed by atoms with Crippen LogP contribution in [-0.4, -0.2) is 70.1 Å². The molecule has 1 saturated heterocycles. The molecule has 0 unspecified atom stereocenters. The molecule has 10 heteroatoms. The Labute approximate surface area is 220 Å². The smallest absolute Gasteiger partial charge is 0.287 e. The standard InChI is InChI=1S/C27H31ClN4O5/c1-17-23(33)19-6-4-7-20(25(19)37-24(17)27(35)29-2)26(34)30-10-5-11-31-12-14-32(15-13-31)21-16-18(28)8-9-22(21)36-3/h4,6-9,16H,5,10-15H2,1-3H3,(H,29,35)(H,30,34). The van der Waals surface area contributed by atoms with E-state index in [1.807, 2.05) is 18.2 Å². The van der Waals surface area contributed by atoms with Gasteiger partial charge in [0.05, 0.1) is 23.7 Å². The molecule has 1 fully saturated rings. The van der Waals surface area contributed by atoms with Gasteiger partial charge in [0.2, 0.25) is 0 Å². The van der Waals surface area contributed by atoms with E-state index in [1.165, 1.54) is 14.0 Å². The number of benzene rings is 2. The van der Waals surface area contributed by atoms with E-state index in [4.69, 9.17) is 20.8 Å². The molecule has 2 amide bonds. The molecule has 0 spiro atoms. The van der Waals surface area contributed by atoms with Gasteiger partial charge in [-0.15, -0.1) is 0 Å². The molecule has 1 aromatic heterocycles. The summed E-state index contributed by atoms with van der Waals surface area (Å²) in [6.45, 7) is 6.32. The maximum absolute atomic E-state index is 12.9. The van der Waals surface area contributed by atoms with Gasteiger partial charge in [0.25, 0.3) is 11.8 Å². The Morgan fingerprint density at radius 1 is 1.11 bits per heavy atom. The highest BCUT2D eigenvalue weighted by molar-refractivity contribution is 6.31. The van der Waals surface area contributed by atoms with E-state index in [2.05, 4.69) is 20.4 Å². The second-order valence-electron chi connectivity index (χ2n) is 8.90. The molecule has 0 aliphatic carbocycles. The normalized spacial score (nSPS) is 14.0. The molecule has 2 heterocycles. The number of nitrogens with one attached hydrogen (secondary N) is 2. The molecular formula is C27H31ClN4O5. The van der Waals surface area contributed by atoms with Crippen LogP contribution in [0.5, 0.6) is 5.75 Å². The molecule has 196 valence electrons. The fourth-order valence-electron chi connectivity index (χ4n) is 4.54. The second kappa shape index (κ2) is 11.7. The maximum atomic E-state index is 12.9. The lowest BCUT2D eigenvalue weighted by atomic mass is 10.1. The zero-order chi connectivity index (χ0) is 26.5. The third-order valence-corrected chi connectivity index (χ3v) is 6.85. The SMILES string of the molecule is CNC(=O)c1oc2c(C(=O)NCCCN3CCN(c4cc(Cl)ccc4OC)CC3)cccc2c(=O)c1C. The van der Waals surface area contributed by atoms with Crippen LogP contribution in [0.25, 0.3) is 11.0 Å². The summed E-state index contributed by atoms with van der Waals surface area (Å²) in [7, 11) is 3.11. The number of halogens is 1. The van der Waals surface area contributed by atoms with E-state index >= 15 is 0 Å². The minimum atomic E-state index is -0.513. The van der Waals surface area contributed by atoms with E-state index in [9.17, 15) is 14.4 Å². The van der Waals surface area contributed by atoms with Crippen molar-refractivity contribution in [2.45, 2.75) is 13.3 Å². The van der Waals surface area contributed by atoms with Gasteiger partial charge in [0.1, 0.15) is 5.75 Å². The van der Waals surface area contributed by atoms with Gasteiger partial charge in [-0.05, 0) is 50.2 Å². The number of fused-ring (bicyclic) bond motifs is 1. The molecule has 9 nitrogen and oxygen atoms in total. The summed E-state index contributed by atoms with van der Waals surface area (Å²) in [5, 5.41) is 6.33. The predicted octanol–water partition coefficient (Wildman–Crippen LogP) is 3.07. The van der Waals surface area contributed by atoms with Gasteiger partial charge in [0, 0.05) is 50.4 Å². The molecule has 2 N–H and O–H groups in total. The zero-order valence-electron chi connectivity index (χ0n) is 21.2. The number of nitrogens with zero attached hydrogens (tertiary/aromatic N) is 2. The van der Waals surface area contributed by atoms with Crippen molar-refractivity contribution in [1.29, 1.82) is 0 Å². The number of methoxy groups -OCH3 is 1. The van der Waals surface area contributed by atoms with Crippen LogP contribution in [0.4, 0.5) is 5.69 Å². The van der Waals surface area contributed by atoms with Crippen LogP contribution in [0.1, 0.15) is 32.9 Å². The first-order chi connectivity index (χ1) is 17.8. The van der Waals surface area contributed by atoms with E-state index < -0.39 is 5.91 Å². The molecule has 4 rings (SSSR count). The number of amides is 2. The summed E-state index contributed by atoms with van der Waals surface area (Å²) in [6, 6.07) is 10.5. The minimum absolute atomic E-state index is 0.0882. The van der Waals surface area contributed by atoms with Gasteiger partial charge >= 0.3 is 0 Å². The zero-order valence-corrected chi connectivity index (χ0v) is 22.0. The van der Waals surface area contributed by atoms with Crippen LogP contribution in [0.15, 0.2) is 45.6 Å². The van der Waals surface area contributed by atoms with Gasteiger partial charge in [-0.2, -0.15) is 0 Å². The summed E-state index contributed by atoms with van der Waals surface area (Å²) in [5.74, 6) is -0.142. The Balaban J connectivity index is 1.33. The topological polar surface area (TPSA) is 104 Å². The molecular weight excluding hydrogens is 496 g/mol. The average Bonchev–Trinajstić information content (AvgIpc) is 2.92. The number of anilines is 1. The van der Waals surface area contributed by atoms with Crippen molar-refractivity contribution >= 4 is 40.1 Å². The van der Waals surface area contributed by atoms with Gasteiger partial charge in [-0.1, -0.05) is 17.7 Å². The van der Waals surface area contributed by atoms with Crippen molar-refractivity contribution in [3.63, 3.8) is 0 Å². The van der Waals surface area contributed by atoms with Gasteiger partial charge in [-0.3, -0.25) is 19.3 Å². The molecule has 0 atom stereocenters. The lowest BCUT2D eigenvalue weighted by Crippen LogP contribution is -2.47. The largest absolute Gasteiger partial charge is 0.495 e. The molecule has 3 aromatic rings. The Kier molecular flexibility index (Phi) is 8.35. The number of carbonyl (C=O) groups excluding carboxylic acids is 2. The van der Waals surface area contributed by atoms with Crippen LogP contribution in [0, 0.1) is 6.92 Å². The molecule has 1 aliphatic heterocycles. The van der Waals surface area contributed by atoms with Gasteiger partial charge < -0.3 is 24.7 Å². The number of hydrogen-bond donors (Lipinski definition) is 2. The number of piperazine rings is 1. The third-order valence-electron chi connectivity index (χ3n) is 6.61. The Morgan fingerprint density at radius 3 is 2.57 bits per heavy atom. The van der Waals surface area contributed by atoms with Crippen molar-refractivity contribution < 1.29 is 18.7 Å². The van der Waals surface area contributed by atoms with Crippen LogP contribution >= 0.6 is 11.6 Å². The van der Waals surface area contributed by atoms with E-state index in [0.29, 0.717) is 11.6 Å². The molecule has 0 radical (unpaired) electrons. The van der Waals surface area contributed by atoms with Crippen molar-refractivity contribution in [3.05, 3.63) is 68.5 Å². The monoisotopic (exact) mass is 526 g/mol. The lowest BCUT2D eigenvalue weighted by molar-refractivity contribution is 0.0926. The quantitative estimate of drug-likeness (QED) is 0.435. The fourth-order valence-corrected chi connectivity index (χ4v) is 4.71. The van der Waals surface area contributed by atoms with E-state index in [1.54, 1.807) is 25.3 Å². The van der Waals surface area contributed by atoms with E-state index in [-0.39, 0.29) is 39.2 Å². The van der Waals surface area contributed by atoms with Gasteiger partial charge in [0.15, 0.2) is 16.8 Å². The maximum Gasteiger partial charge on any atom is 0.287 e. The first kappa shape index (κ1) is 26.5. The van der Waals surface area contributed by atoms with Crippen molar-refractivity contribution in [3.8, 4) is 5.75 Å². The number of para-hydroxylation sites is 1. The van der Waals surface area contributed by atoms with Crippen LogP contribution in [0.2, 0.25) is 5.02 Å². The van der Waals surface area contributed by atoms with Crippen LogP contribution in [-0.2, 0) is 0 Å². The Morgan fingerprint density at radius 2 is 1.86 bits per heavy atom. The average molecular weight is 527 g/mol. The van der Waals surface area contributed by atoms with E-state index in [0.717, 1.165) is 50.6 Å². The number of carbonyl (C=O) groups is 2. The second-order valence-corrected chi connectivity index (χ2v) is 9.34. The predicted molar refractivity (Wildman–Crippen MR) is 144 cm³/mol. The molecule has 37 heavy (non-hydrogen) atoms. The number of hydrogen-bond acceptors (Lipinski definition) is 7. The summed E-state index contributed by atoms with van der Waals surface area (Å²) in [6.07, 6.45) is 0.767. The van der Waals surface area contributed by atoms with Crippen LogP contribution in [0.3, 0.4) is 0 Å². The Bertz CT molecular complexity index is 1360. The Hall–Kier alpha value is -3.56. The lowest BCUT2D eigenvalue weighted by Gasteiger charge is -2.36. The summed E-state index contributed by atoms with van der Waals surface area (Å²) in [4.78, 5) is 42.5. The summed E-state index contributed by atoms with van der Waals surface area (Å²) < 4.78 is 11.2. The highest BCUT2D eigenvalue weighted by Gasteiger charge is 2.22. The fraction of sp³-hybridized carbons (Fsp3) is 0.370. The highest BCUT2D eigenvalue weighted by atomic mass is 35.5. The van der Waals surface area contributed by atoms with Crippen LogP contribution < -0.4 is 25.7 Å². The van der Waals surface area contributed by atoms with Crippen molar-refractivity contribution in [2.75, 3.05) is 58.3 Å². The number of rotatable bonds is 8. The molecule has 0 bridgehead atoms. The van der Waals surface area contributed by atoms with Crippen molar-refractivity contribution in [2.24, 2.45) is 0 Å². The van der Waals surface area contributed by atoms with Gasteiger partial charge in [-0.25, -0.2) is 0 Å². The summed E-state index contributed by atoms with van der Waals surface area (Å²) >= 11 is 6.18. The first-order valence-electron chi connectivity index (χ1n) is 12.2. The third kappa shape index (κ3) is 5.73. The first-order valence-corrected chi connectivity index (χ1v) is 12.6. The minimum Gasteiger partial charge on any atom is -0.495 e. The molecule has 1 aliphatic rings. The molecule has 0 saturated carbocycles. The molecule has 2 aromatic carbocycles. The highest BCUT2D eigenvalue weighted by Crippen LogP contribution is 2.31. The summed E-state index contributed by atoms with van der Waals surface area (Å²) in [5.41, 5.74) is 1.21. The van der Waals surface area contributed by atoms with Crippen molar-refractivity contribution in [1.82, 2.24) is 15.5 Å². The number of ether oxygens (including phenoxy) is 1.